The van der Waals surface area contributed by atoms with Crippen molar-refractivity contribution in [1.29, 1.82) is 0 Å². The summed E-state index contributed by atoms with van der Waals surface area (Å²) in [5, 5.41) is 35.1. The minimum atomic E-state index is -1.37. The van der Waals surface area contributed by atoms with Crippen LogP contribution in [0.15, 0.2) is 78.3 Å². The predicted octanol–water partition coefficient (Wildman–Crippen LogP) is -2.08. The molecule has 2 heterocycles. The van der Waals surface area contributed by atoms with Crippen LogP contribution < -0.4 is 54.8 Å². The lowest BCUT2D eigenvalue weighted by Crippen LogP contribution is -2.60. The van der Waals surface area contributed by atoms with Crippen LogP contribution in [0.2, 0.25) is 0 Å². The third kappa shape index (κ3) is 18.4. The van der Waals surface area contributed by atoms with Crippen molar-refractivity contribution in [2.45, 2.75) is 100 Å². The van der Waals surface area contributed by atoms with Crippen LogP contribution in [-0.2, 0) is 57.6 Å². The molecule has 18 N–H and O–H groups in total. The van der Waals surface area contributed by atoms with Crippen molar-refractivity contribution in [3.8, 4) is 0 Å². The van der Waals surface area contributed by atoms with E-state index in [2.05, 4.69) is 51.8 Å². The number of benzene rings is 2. The summed E-state index contributed by atoms with van der Waals surface area (Å²) in [5.41, 5.74) is 25.0. The van der Waals surface area contributed by atoms with Gasteiger partial charge in [-0.1, -0.05) is 48.5 Å². The monoisotopic (exact) mass is 958 g/mol. The maximum Gasteiger partial charge on any atom is 0.326 e. The molecule has 4 aromatic rings. The number of hydrogen-bond donors (Lipinski definition) is 14. The van der Waals surface area contributed by atoms with Gasteiger partial charge < -0.3 is 75.0 Å². The zero-order valence-electron chi connectivity index (χ0n) is 37.9. The van der Waals surface area contributed by atoms with Crippen LogP contribution in [0.1, 0.15) is 61.8 Å². The Morgan fingerprint density at radius 2 is 1.29 bits per heavy atom. The summed E-state index contributed by atoms with van der Waals surface area (Å²) in [6, 6.07) is 7.94. The molecule has 6 amide bonds. The number of aromatic nitrogens is 3. The average Bonchev–Trinajstić information content (AvgIpc) is 4.00. The number of amides is 6. The Hall–Kier alpha value is -7.86. The number of carbonyl (C=O) groups excluding carboxylic acids is 6. The van der Waals surface area contributed by atoms with Crippen LogP contribution in [0.5, 0.6) is 0 Å². The van der Waals surface area contributed by atoms with Gasteiger partial charge >= 0.3 is 11.9 Å². The molecule has 6 atom stereocenters. The summed E-state index contributed by atoms with van der Waals surface area (Å²) >= 11 is 0. The van der Waals surface area contributed by atoms with Gasteiger partial charge in [0.2, 0.25) is 35.4 Å². The van der Waals surface area contributed by atoms with Gasteiger partial charge in [-0.3, -0.25) is 38.6 Å². The number of hydrogen-bond acceptors (Lipinski definition) is 12. The van der Waals surface area contributed by atoms with Crippen LogP contribution in [0.25, 0.3) is 10.9 Å². The van der Waals surface area contributed by atoms with Crippen LogP contribution in [-0.4, -0.2) is 134 Å². The molecule has 0 radical (unpaired) electrons. The molecule has 4 rings (SSSR count). The lowest BCUT2D eigenvalue weighted by Gasteiger charge is -2.27. The van der Waals surface area contributed by atoms with E-state index in [4.69, 9.17) is 28.0 Å². The molecule has 0 aliphatic rings. The first-order valence-electron chi connectivity index (χ1n) is 22.3. The average molecular weight is 959 g/mol. The summed E-state index contributed by atoms with van der Waals surface area (Å²) in [7, 11) is 0. The smallest absolute Gasteiger partial charge is 0.326 e. The molecule has 2 aromatic heterocycles. The van der Waals surface area contributed by atoms with Crippen molar-refractivity contribution in [3.63, 3.8) is 0 Å². The number of fused-ring (bicyclic) bond motifs is 1. The molecule has 69 heavy (non-hydrogen) atoms. The van der Waals surface area contributed by atoms with E-state index in [9.17, 15) is 43.5 Å². The number of unbranched alkanes of at least 4 members (excludes halogenated alkanes) is 1. The molecule has 2 aromatic carbocycles. The second kappa shape index (κ2) is 27.7. The normalized spacial score (nSPS) is 13.6. The minimum Gasteiger partial charge on any atom is -0.481 e. The Labute approximate surface area is 397 Å². The van der Waals surface area contributed by atoms with Crippen molar-refractivity contribution in [2.24, 2.45) is 27.9 Å². The van der Waals surface area contributed by atoms with E-state index in [1.807, 2.05) is 18.2 Å². The van der Waals surface area contributed by atoms with E-state index in [-0.39, 0.29) is 57.5 Å². The number of nitrogens with two attached hydrogens (primary N) is 4. The number of nitrogens with zero attached hydrogens (tertiary/aromatic N) is 2. The first kappa shape index (κ1) is 53.8. The van der Waals surface area contributed by atoms with Gasteiger partial charge in [0.15, 0.2) is 5.96 Å². The minimum absolute atomic E-state index is 0.0493. The van der Waals surface area contributed by atoms with E-state index in [1.54, 1.807) is 42.6 Å². The number of carboxylic acid groups (broad SMARTS) is 2. The molecule has 24 nitrogen and oxygen atoms in total. The number of imidazole rings is 1. The number of carboxylic acids is 2. The maximum atomic E-state index is 14.4. The van der Waals surface area contributed by atoms with Crippen molar-refractivity contribution in [2.75, 3.05) is 19.6 Å². The van der Waals surface area contributed by atoms with E-state index < -0.39 is 96.6 Å². The van der Waals surface area contributed by atoms with Crippen molar-refractivity contribution in [1.82, 2.24) is 46.9 Å². The zero-order chi connectivity index (χ0) is 50.3. The standard InChI is InChI=1S/C45H62N14O10/c46-17-7-6-13-33(44(68)69)55-37(60)24-53-40(64)35(20-27-22-52-31-12-5-4-11-29(27)31)59-41(65)32(14-8-18-51-45(48)49)56-42(66)34(19-26-9-2-1-3-10-26)58-43(67)36(21-28-23-50-25-54-28)57-39(63)30(47)15-16-38(61)62/h1-5,9-12,22-23,25,30,32-36,52H,6-8,13-21,24,46-47H2,(H,50,54)(H,53,64)(H,55,60)(H,56,66)(H,57,63)(H,58,67)(H,59,65)(H,61,62)(H,68,69)(H4,48,49,51)/t30-,32-,33-,34+,35-,36-/m0/s1. The lowest BCUT2D eigenvalue weighted by atomic mass is 10.0. The number of H-pyrrole nitrogens is 2. The van der Waals surface area contributed by atoms with Crippen LogP contribution in [0, 0.1) is 0 Å². The SMILES string of the molecule is NCCCC[C@H](NC(=O)CNC(=O)[C@H](Cc1c[nH]c2ccccc12)NC(=O)[C@H](CCCN=C(N)N)NC(=O)[C@@H](Cc1ccccc1)NC(=O)[C@H](Cc1cnc[nH]1)NC(=O)[C@@H](N)CCC(=O)O)C(=O)O. The molecule has 0 unspecified atom stereocenters. The van der Waals surface area contributed by atoms with Gasteiger partial charge in [-0.15, -0.1) is 0 Å². The number of rotatable bonds is 30. The second-order valence-corrected chi connectivity index (χ2v) is 16.2. The van der Waals surface area contributed by atoms with Crippen LogP contribution in [0.3, 0.4) is 0 Å². The molecule has 0 saturated carbocycles. The van der Waals surface area contributed by atoms with Gasteiger partial charge in [0.25, 0.3) is 0 Å². The van der Waals surface area contributed by atoms with Crippen molar-refractivity contribution >= 4 is 64.2 Å². The highest BCUT2D eigenvalue weighted by atomic mass is 16.4. The molecule has 0 aliphatic heterocycles. The highest BCUT2D eigenvalue weighted by Crippen LogP contribution is 2.19. The number of aromatic amines is 2. The van der Waals surface area contributed by atoms with Gasteiger partial charge in [0.05, 0.1) is 18.9 Å². The van der Waals surface area contributed by atoms with Gasteiger partial charge in [-0.05, 0) is 62.3 Å². The second-order valence-electron chi connectivity index (χ2n) is 16.2. The Morgan fingerprint density at radius 1 is 0.667 bits per heavy atom. The number of nitrogens with one attached hydrogen (secondary N) is 8. The highest BCUT2D eigenvalue weighted by Gasteiger charge is 2.33. The largest absolute Gasteiger partial charge is 0.481 e. The number of guanidine groups is 1. The molecule has 0 aliphatic carbocycles. The Bertz CT molecular complexity index is 2370. The fourth-order valence-electron chi connectivity index (χ4n) is 7.18. The zero-order valence-corrected chi connectivity index (χ0v) is 37.9. The lowest BCUT2D eigenvalue weighted by molar-refractivity contribution is -0.142. The van der Waals surface area contributed by atoms with E-state index in [0.29, 0.717) is 36.2 Å². The van der Waals surface area contributed by atoms with Gasteiger partial charge in [0.1, 0.15) is 30.2 Å². The molecular weight excluding hydrogens is 897 g/mol. The Balaban J connectivity index is 1.61. The third-order valence-corrected chi connectivity index (χ3v) is 10.8. The quantitative estimate of drug-likeness (QED) is 0.0152. The summed E-state index contributed by atoms with van der Waals surface area (Å²) < 4.78 is 0. The number of aliphatic imine (C=N–C) groups is 1. The number of aliphatic carboxylic acids is 2. The first-order chi connectivity index (χ1) is 33.0. The van der Waals surface area contributed by atoms with E-state index >= 15 is 0 Å². The summed E-state index contributed by atoms with van der Waals surface area (Å²) in [4.78, 5) is 120. The molecular formula is C45H62N14O10. The molecule has 0 bridgehead atoms. The van der Waals surface area contributed by atoms with Crippen molar-refractivity contribution < 1.29 is 48.6 Å². The van der Waals surface area contributed by atoms with E-state index in [0.717, 1.165) is 10.9 Å². The summed E-state index contributed by atoms with van der Waals surface area (Å²) in [5.74, 6) is -7.51. The Morgan fingerprint density at radius 3 is 1.94 bits per heavy atom. The molecule has 0 saturated heterocycles. The third-order valence-electron chi connectivity index (χ3n) is 10.8. The van der Waals surface area contributed by atoms with Gasteiger partial charge in [-0.25, -0.2) is 9.78 Å². The molecule has 372 valence electrons. The van der Waals surface area contributed by atoms with E-state index in [1.165, 1.54) is 12.5 Å². The first-order valence-corrected chi connectivity index (χ1v) is 22.3. The van der Waals surface area contributed by atoms with Gasteiger partial charge in [-0.2, -0.15) is 0 Å². The predicted molar refractivity (Wildman–Crippen MR) is 252 cm³/mol. The number of carbonyl (C=O) groups is 8. The van der Waals surface area contributed by atoms with Crippen LogP contribution >= 0.6 is 0 Å². The van der Waals surface area contributed by atoms with Crippen molar-refractivity contribution in [3.05, 3.63) is 90.1 Å². The van der Waals surface area contributed by atoms with Gasteiger partial charge in [0, 0.05) is 61.2 Å². The van der Waals surface area contributed by atoms with Crippen LogP contribution in [0.4, 0.5) is 0 Å². The maximum absolute atomic E-state index is 14.4. The fraction of sp³-hybridized carbons (Fsp3) is 0.422. The molecule has 24 heteroatoms. The topological polar surface area (TPSA) is 410 Å². The number of para-hydroxylation sites is 1. The Kier molecular flexibility index (Phi) is 21.6. The molecule has 0 fully saturated rings. The summed E-state index contributed by atoms with van der Waals surface area (Å²) in [6.07, 6.45) is 4.72. The molecule has 0 spiro atoms. The fourth-order valence-corrected chi connectivity index (χ4v) is 7.18. The summed E-state index contributed by atoms with van der Waals surface area (Å²) in [6.45, 7) is -0.237. The highest BCUT2D eigenvalue weighted by molar-refractivity contribution is 5.97.